The smallest absolute Gasteiger partial charge is 0.178 e. The van der Waals surface area contributed by atoms with Crippen LogP contribution in [0.5, 0.6) is 0 Å². The second-order valence-corrected chi connectivity index (χ2v) is 5.21. The van der Waals surface area contributed by atoms with E-state index in [2.05, 4.69) is 29.8 Å². The van der Waals surface area contributed by atoms with Crippen LogP contribution in [0.1, 0.15) is 5.56 Å². The summed E-state index contributed by atoms with van der Waals surface area (Å²) in [7, 11) is 0. The zero-order chi connectivity index (χ0) is 15.5. The van der Waals surface area contributed by atoms with Crippen LogP contribution in [0.4, 0.5) is 11.4 Å². The Morgan fingerprint density at radius 3 is 1.71 bits per heavy atom. The first kappa shape index (κ1) is 16.1. The van der Waals surface area contributed by atoms with Crippen molar-refractivity contribution in [2.75, 3.05) is 10.1 Å². The minimum atomic E-state index is 0. The molecule has 1 aliphatic heterocycles. The van der Waals surface area contributed by atoms with E-state index in [4.69, 9.17) is 5.10 Å². The molecule has 0 amide bonds. The number of rotatable bonds is 3. The molecular formula is C19H17ClN4. The lowest BCUT2D eigenvalue weighted by molar-refractivity contribution is 0.718. The Bertz CT molecular complexity index is 807. The summed E-state index contributed by atoms with van der Waals surface area (Å²) in [4.78, 5) is 0. The number of hydrogen-bond acceptors (Lipinski definition) is 4. The molecule has 0 spiro atoms. The highest BCUT2D eigenvalue weighted by Gasteiger charge is 2.26. The monoisotopic (exact) mass is 336 g/mol. The van der Waals surface area contributed by atoms with Crippen LogP contribution in [0.25, 0.3) is 0 Å². The molecule has 5 heteroatoms. The zero-order valence-corrected chi connectivity index (χ0v) is 13.7. The number of hydrogen-bond donors (Lipinski definition) is 1. The van der Waals surface area contributed by atoms with Gasteiger partial charge in [0.05, 0.1) is 11.4 Å². The van der Waals surface area contributed by atoms with Crippen LogP contribution in [0.15, 0.2) is 96.1 Å². The molecule has 0 unspecified atom stereocenters. The number of nitrogens with one attached hydrogen (secondary N) is 1. The molecule has 24 heavy (non-hydrogen) atoms. The van der Waals surface area contributed by atoms with Crippen molar-refractivity contribution in [2.24, 2.45) is 5.10 Å². The van der Waals surface area contributed by atoms with Gasteiger partial charge in [0.25, 0.3) is 0 Å². The van der Waals surface area contributed by atoms with Gasteiger partial charge in [-0.3, -0.25) is 0 Å². The van der Waals surface area contributed by atoms with Crippen molar-refractivity contribution in [3.63, 3.8) is 0 Å². The predicted molar refractivity (Wildman–Crippen MR) is 101 cm³/mol. The van der Waals surface area contributed by atoms with Crippen molar-refractivity contribution in [3.8, 4) is 0 Å². The molecular weight excluding hydrogens is 320 g/mol. The molecule has 1 N–H and O–H groups in total. The topological polar surface area (TPSA) is 30.9 Å². The summed E-state index contributed by atoms with van der Waals surface area (Å²) in [6, 6.07) is 30.4. The number of halogens is 1. The van der Waals surface area contributed by atoms with Crippen molar-refractivity contribution in [3.05, 3.63) is 96.6 Å². The minimum absolute atomic E-state index is 0. The summed E-state index contributed by atoms with van der Waals surface area (Å²) in [6.07, 6.45) is 0. The highest BCUT2D eigenvalue weighted by Crippen LogP contribution is 2.23. The number of nitrogens with zero attached hydrogens (tertiary/aromatic N) is 3. The summed E-state index contributed by atoms with van der Waals surface area (Å²) in [5.41, 5.74) is 6.41. The van der Waals surface area contributed by atoms with E-state index in [1.54, 1.807) is 5.12 Å². The lowest BCUT2D eigenvalue weighted by atomic mass is 10.2. The van der Waals surface area contributed by atoms with E-state index in [0.29, 0.717) is 0 Å². The number of anilines is 2. The Labute approximate surface area is 147 Å². The van der Waals surface area contributed by atoms with E-state index in [1.165, 1.54) is 0 Å². The Morgan fingerprint density at radius 1 is 0.625 bits per heavy atom. The van der Waals surface area contributed by atoms with E-state index in [-0.39, 0.29) is 12.4 Å². The third-order valence-electron chi connectivity index (χ3n) is 3.65. The number of hydrazone groups is 1. The fourth-order valence-corrected chi connectivity index (χ4v) is 2.52. The van der Waals surface area contributed by atoms with Gasteiger partial charge in [0.15, 0.2) is 5.84 Å². The van der Waals surface area contributed by atoms with E-state index in [1.807, 2.05) is 71.7 Å². The third-order valence-corrected chi connectivity index (χ3v) is 3.65. The Hall–Kier alpha value is -2.82. The fraction of sp³-hybridized carbons (Fsp3) is 0. The molecule has 4 nitrogen and oxygen atoms in total. The van der Waals surface area contributed by atoms with Crippen molar-refractivity contribution in [1.29, 1.82) is 0 Å². The highest BCUT2D eigenvalue weighted by molar-refractivity contribution is 6.11. The predicted octanol–water partition coefficient (Wildman–Crippen LogP) is 4.22. The van der Waals surface area contributed by atoms with Gasteiger partial charge in [-0.1, -0.05) is 66.7 Å². The van der Waals surface area contributed by atoms with Crippen molar-refractivity contribution in [1.82, 2.24) is 5.53 Å². The van der Waals surface area contributed by atoms with Gasteiger partial charge in [0.1, 0.15) is 0 Å². The molecule has 0 radical (unpaired) electrons. The molecule has 0 fully saturated rings. The normalized spacial score (nSPS) is 13.4. The summed E-state index contributed by atoms with van der Waals surface area (Å²) < 4.78 is 0. The molecule has 0 bridgehead atoms. The van der Waals surface area contributed by atoms with Crippen LogP contribution >= 0.6 is 12.4 Å². The lowest BCUT2D eigenvalue weighted by Gasteiger charge is -2.22. The zero-order valence-electron chi connectivity index (χ0n) is 12.9. The maximum Gasteiger partial charge on any atom is 0.178 e. The molecule has 3 aromatic carbocycles. The van der Waals surface area contributed by atoms with Gasteiger partial charge in [-0.25, -0.2) is 5.01 Å². The van der Waals surface area contributed by atoms with Crippen molar-refractivity contribution < 1.29 is 0 Å². The number of para-hydroxylation sites is 2. The quantitative estimate of drug-likeness (QED) is 0.777. The lowest BCUT2D eigenvalue weighted by Crippen LogP contribution is -2.43. The first-order valence-electron chi connectivity index (χ1n) is 7.52. The highest BCUT2D eigenvalue weighted by atomic mass is 35.5. The van der Waals surface area contributed by atoms with Crippen LogP contribution in [-0.4, -0.2) is 5.84 Å². The average molecular weight is 337 g/mol. The molecule has 0 saturated heterocycles. The van der Waals surface area contributed by atoms with Crippen molar-refractivity contribution >= 4 is 29.6 Å². The second kappa shape index (κ2) is 7.17. The van der Waals surface area contributed by atoms with Gasteiger partial charge < -0.3 is 0 Å². The molecule has 0 aromatic heterocycles. The number of amidine groups is 1. The largest absolute Gasteiger partial charge is 0.238 e. The van der Waals surface area contributed by atoms with Crippen LogP contribution in [-0.2, 0) is 0 Å². The number of benzene rings is 3. The van der Waals surface area contributed by atoms with Gasteiger partial charge in [-0.2, -0.15) is 5.12 Å². The molecule has 4 rings (SSSR count). The van der Waals surface area contributed by atoms with Crippen molar-refractivity contribution in [2.45, 2.75) is 0 Å². The molecule has 0 aliphatic carbocycles. The van der Waals surface area contributed by atoms with Gasteiger partial charge in [-0.05, 0) is 24.3 Å². The summed E-state index contributed by atoms with van der Waals surface area (Å²) in [5, 5.41) is 8.53. The Kier molecular flexibility index (Phi) is 4.79. The fourth-order valence-electron chi connectivity index (χ4n) is 2.52. The SMILES string of the molecule is Cl.c1ccc(C2=NN(c3ccccc3)NN2c2ccccc2)cc1. The van der Waals surface area contributed by atoms with E-state index in [9.17, 15) is 0 Å². The molecule has 1 aliphatic rings. The van der Waals surface area contributed by atoms with Gasteiger partial charge in [0, 0.05) is 5.56 Å². The molecule has 120 valence electrons. The first-order valence-corrected chi connectivity index (χ1v) is 7.52. The standard InChI is InChI=1S/C19H16N4.ClH/c1-4-10-16(11-5-1)19-20-23(18-14-8-3-9-15-18)21-22(19)17-12-6-2-7-13-17;/h1-15,21H;1H. The summed E-state index contributed by atoms with van der Waals surface area (Å²) >= 11 is 0. The Balaban J connectivity index is 0.00000169. The summed E-state index contributed by atoms with van der Waals surface area (Å²) in [6.45, 7) is 0. The van der Waals surface area contributed by atoms with Gasteiger partial charge >= 0.3 is 0 Å². The maximum absolute atomic E-state index is 4.75. The minimum Gasteiger partial charge on any atom is -0.238 e. The van der Waals surface area contributed by atoms with E-state index >= 15 is 0 Å². The molecule has 0 atom stereocenters. The number of hydrazine groups is 2. The first-order chi connectivity index (χ1) is 11.4. The average Bonchev–Trinajstić information content (AvgIpc) is 3.09. The van der Waals surface area contributed by atoms with Crippen LogP contribution in [0.2, 0.25) is 0 Å². The van der Waals surface area contributed by atoms with Gasteiger partial charge in [-0.15, -0.1) is 23.0 Å². The molecule has 1 heterocycles. The Morgan fingerprint density at radius 2 is 1.12 bits per heavy atom. The van der Waals surface area contributed by atoms with E-state index in [0.717, 1.165) is 22.8 Å². The molecule has 0 saturated carbocycles. The molecule has 3 aromatic rings. The van der Waals surface area contributed by atoms with Crippen LogP contribution in [0.3, 0.4) is 0 Å². The third kappa shape index (κ3) is 3.11. The second-order valence-electron chi connectivity index (χ2n) is 5.21. The van der Waals surface area contributed by atoms with Gasteiger partial charge in [0.2, 0.25) is 0 Å². The van der Waals surface area contributed by atoms with E-state index < -0.39 is 0 Å². The summed E-state index contributed by atoms with van der Waals surface area (Å²) in [5.74, 6) is 0.862. The maximum atomic E-state index is 4.75. The van der Waals surface area contributed by atoms with Crippen LogP contribution in [0, 0.1) is 0 Å². The van der Waals surface area contributed by atoms with Crippen LogP contribution < -0.4 is 15.7 Å².